The lowest BCUT2D eigenvalue weighted by atomic mass is 10.1. The lowest BCUT2D eigenvalue weighted by Crippen LogP contribution is -2.34. The number of likely N-dealkylation sites (tertiary alicyclic amines) is 1. The molecule has 130 valence electrons. The standard InChI is InChI=1S/C19H20BrN3O2/c1-22(11-14-6-2-3-8-17(14)20)19(25)15-10-18(24)23(12-15)13-16-7-4-5-9-21-16/h2-9,15H,10-13H2,1H3/t15-/m0/s1. The Labute approximate surface area is 155 Å². The van der Waals surface area contributed by atoms with E-state index in [1.54, 1.807) is 23.0 Å². The van der Waals surface area contributed by atoms with Crippen LogP contribution in [-0.4, -0.2) is 40.2 Å². The summed E-state index contributed by atoms with van der Waals surface area (Å²) >= 11 is 3.51. The molecule has 0 spiro atoms. The van der Waals surface area contributed by atoms with Crippen molar-refractivity contribution < 1.29 is 9.59 Å². The third kappa shape index (κ3) is 4.25. The van der Waals surface area contributed by atoms with E-state index in [2.05, 4.69) is 20.9 Å². The number of hydrogen-bond acceptors (Lipinski definition) is 3. The van der Waals surface area contributed by atoms with E-state index in [4.69, 9.17) is 0 Å². The van der Waals surface area contributed by atoms with Crippen LogP contribution in [0.3, 0.4) is 0 Å². The monoisotopic (exact) mass is 401 g/mol. The van der Waals surface area contributed by atoms with Crippen molar-refractivity contribution in [3.8, 4) is 0 Å². The highest BCUT2D eigenvalue weighted by Crippen LogP contribution is 2.23. The average Bonchev–Trinajstić information content (AvgIpc) is 2.98. The molecular weight excluding hydrogens is 382 g/mol. The molecule has 1 saturated heterocycles. The second kappa shape index (κ2) is 7.78. The van der Waals surface area contributed by atoms with Crippen LogP contribution in [0.5, 0.6) is 0 Å². The molecule has 2 heterocycles. The Bertz CT molecular complexity index is 766. The molecule has 1 aliphatic heterocycles. The average molecular weight is 402 g/mol. The normalized spacial score (nSPS) is 17.0. The van der Waals surface area contributed by atoms with Gasteiger partial charge in [-0.15, -0.1) is 0 Å². The summed E-state index contributed by atoms with van der Waals surface area (Å²) < 4.78 is 0.980. The number of hydrogen-bond donors (Lipinski definition) is 0. The number of halogens is 1. The van der Waals surface area contributed by atoms with Crippen molar-refractivity contribution in [1.29, 1.82) is 0 Å². The molecule has 2 amide bonds. The number of pyridine rings is 1. The number of benzene rings is 1. The number of aromatic nitrogens is 1. The highest BCUT2D eigenvalue weighted by Gasteiger charge is 2.35. The third-order valence-electron chi connectivity index (χ3n) is 4.38. The van der Waals surface area contributed by atoms with Crippen molar-refractivity contribution in [3.05, 3.63) is 64.4 Å². The van der Waals surface area contributed by atoms with Gasteiger partial charge in [0.25, 0.3) is 0 Å². The van der Waals surface area contributed by atoms with E-state index in [9.17, 15) is 9.59 Å². The van der Waals surface area contributed by atoms with Crippen LogP contribution in [0.1, 0.15) is 17.7 Å². The first-order valence-electron chi connectivity index (χ1n) is 8.20. The number of carbonyl (C=O) groups is 2. The Kier molecular flexibility index (Phi) is 5.48. The van der Waals surface area contributed by atoms with Gasteiger partial charge >= 0.3 is 0 Å². The summed E-state index contributed by atoms with van der Waals surface area (Å²) in [5.74, 6) is -0.269. The molecule has 1 atom stereocenters. The van der Waals surface area contributed by atoms with E-state index < -0.39 is 0 Å². The Morgan fingerprint density at radius 2 is 2.04 bits per heavy atom. The van der Waals surface area contributed by atoms with E-state index in [1.165, 1.54) is 0 Å². The van der Waals surface area contributed by atoms with Crippen LogP contribution < -0.4 is 0 Å². The van der Waals surface area contributed by atoms with Crippen molar-refractivity contribution in [3.63, 3.8) is 0 Å². The Morgan fingerprint density at radius 3 is 2.76 bits per heavy atom. The summed E-state index contributed by atoms with van der Waals surface area (Å²) in [5.41, 5.74) is 1.89. The molecule has 0 radical (unpaired) electrons. The molecule has 2 aromatic rings. The number of rotatable bonds is 5. The Morgan fingerprint density at radius 1 is 1.28 bits per heavy atom. The molecular formula is C19H20BrN3O2. The third-order valence-corrected chi connectivity index (χ3v) is 5.16. The molecule has 25 heavy (non-hydrogen) atoms. The fourth-order valence-electron chi connectivity index (χ4n) is 3.05. The van der Waals surface area contributed by atoms with Crippen molar-refractivity contribution in [2.24, 2.45) is 5.92 Å². The first-order valence-corrected chi connectivity index (χ1v) is 9.00. The van der Waals surface area contributed by atoms with Gasteiger partial charge in [-0.05, 0) is 23.8 Å². The minimum Gasteiger partial charge on any atom is -0.341 e. The summed E-state index contributed by atoms with van der Waals surface area (Å²) in [7, 11) is 1.79. The maximum atomic E-state index is 12.7. The predicted molar refractivity (Wildman–Crippen MR) is 98.4 cm³/mol. The van der Waals surface area contributed by atoms with E-state index in [-0.39, 0.29) is 24.2 Å². The maximum absolute atomic E-state index is 12.7. The van der Waals surface area contributed by atoms with E-state index >= 15 is 0 Å². The predicted octanol–water partition coefficient (Wildman–Crippen LogP) is 2.85. The zero-order valence-electron chi connectivity index (χ0n) is 14.1. The van der Waals surface area contributed by atoms with E-state index in [0.29, 0.717) is 19.6 Å². The Balaban J connectivity index is 1.61. The summed E-state index contributed by atoms with van der Waals surface area (Å²) in [6, 6.07) is 13.5. The van der Waals surface area contributed by atoms with Crippen LogP contribution in [-0.2, 0) is 22.7 Å². The van der Waals surface area contributed by atoms with Gasteiger partial charge in [0, 0.05) is 37.2 Å². The molecule has 1 aliphatic rings. The minimum atomic E-state index is -0.288. The highest BCUT2D eigenvalue weighted by atomic mass is 79.9. The molecule has 0 aliphatic carbocycles. The van der Waals surface area contributed by atoms with Gasteiger partial charge in [0.2, 0.25) is 11.8 Å². The topological polar surface area (TPSA) is 53.5 Å². The van der Waals surface area contributed by atoms with Crippen LogP contribution in [0, 0.1) is 5.92 Å². The van der Waals surface area contributed by atoms with Crippen LogP contribution in [0.4, 0.5) is 0 Å². The van der Waals surface area contributed by atoms with Crippen LogP contribution in [0.2, 0.25) is 0 Å². The zero-order valence-corrected chi connectivity index (χ0v) is 15.6. The van der Waals surface area contributed by atoms with Gasteiger partial charge in [-0.1, -0.05) is 40.2 Å². The summed E-state index contributed by atoms with van der Waals surface area (Å²) in [6.07, 6.45) is 1.98. The first-order chi connectivity index (χ1) is 12.0. The number of carbonyl (C=O) groups excluding carboxylic acids is 2. The largest absolute Gasteiger partial charge is 0.341 e. The molecule has 0 saturated carbocycles. The van der Waals surface area contributed by atoms with Gasteiger partial charge in [0.15, 0.2) is 0 Å². The van der Waals surface area contributed by atoms with Gasteiger partial charge in [0.1, 0.15) is 0 Å². The molecule has 0 N–H and O–H groups in total. The van der Waals surface area contributed by atoms with Crippen LogP contribution in [0.25, 0.3) is 0 Å². The number of nitrogens with zero attached hydrogens (tertiary/aromatic N) is 3. The molecule has 6 heteroatoms. The Hall–Kier alpha value is -2.21. The smallest absolute Gasteiger partial charge is 0.228 e. The SMILES string of the molecule is CN(Cc1ccccc1Br)C(=O)[C@H]1CC(=O)N(Cc2ccccn2)C1. The zero-order chi connectivity index (χ0) is 17.8. The fourth-order valence-corrected chi connectivity index (χ4v) is 3.46. The minimum absolute atomic E-state index is 0.00706. The second-order valence-electron chi connectivity index (χ2n) is 6.28. The summed E-state index contributed by atoms with van der Waals surface area (Å²) in [5, 5.41) is 0. The van der Waals surface area contributed by atoms with Crippen LogP contribution in [0.15, 0.2) is 53.1 Å². The molecule has 1 aromatic heterocycles. The van der Waals surface area contributed by atoms with E-state index in [0.717, 1.165) is 15.7 Å². The molecule has 1 fully saturated rings. The van der Waals surface area contributed by atoms with Gasteiger partial charge in [-0.3, -0.25) is 14.6 Å². The molecule has 3 rings (SSSR count). The van der Waals surface area contributed by atoms with Crippen molar-refractivity contribution in [2.45, 2.75) is 19.5 Å². The van der Waals surface area contributed by atoms with Gasteiger partial charge in [-0.2, -0.15) is 0 Å². The quantitative estimate of drug-likeness (QED) is 0.773. The van der Waals surface area contributed by atoms with Gasteiger partial charge in [0.05, 0.1) is 18.2 Å². The fraction of sp³-hybridized carbons (Fsp3) is 0.316. The lowest BCUT2D eigenvalue weighted by molar-refractivity contribution is -0.135. The summed E-state index contributed by atoms with van der Waals surface area (Å²) in [6.45, 7) is 1.43. The van der Waals surface area contributed by atoms with Crippen molar-refractivity contribution in [1.82, 2.24) is 14.8 Å². The maximum Gasteiger partial charge on any atom is 0.228 e. The van der Waals surface area contributed by atoms with E-state index in [1.807, 2.05) is 42.5 Å². The molecule has 0 unspecified atom stereocenters. The summed E-state index contributed by atoms with van der Waals surface area (Å²) in [4.78, 5) is 32.6. The number of amides is 2. The van der Waals surface area contributed by atoms with Crippen molar-refractivity contribution in [2.75, 3.05) is 13.6 Å². The van der Waals surface area contributed by atoms with Crippen LogP contribution >= 0.6 is 15.9 Å². The molecule has 5 nitrogen and oxygen atoms in total. The lowest BCUT2D eigenvalue weighted by Gasteiger charge is -2.22. The molecule has 0 bridgehead atoms. The second-order valence-corrected chi connectivity index (χ2v) is 7.14. The van der Waals surface area contributed by atoms with Gasteiger partial charge in [-0.25, -0.2) is 0 Å². The first kappa shape index (κ1) is 17.6. The van der Waals surface area contributed by atoms with Crippen molar-refractivity contribution >= 4 is 27.7 Å². The van der Waals surface area contributed by atoms with Gasteiger partial charge < -0.3 is 9.80 Å². The highest BCUT2D eigenvalue weighted by molar-refractivity contribution is 9.10. The molecule has 1 aromatic carbocycles.